The van der Waals surface area contributed by atoms with Crippen LogP contribution in [0.25, 0.3) is 0 Å². The van der Waals surface area contributed by atoms with Crippen molar-refractivity contribution < 1.29 is 37.8 Å². The van der Waals surface area contributed by atoms with Crippen LogP contribution in [0.15, 0.2) is 48.8 Å². The second-order valence-corrected chi connectivity index (χ2v) is 10.1. The first kappa shape index (κ1) is 28.7. The molecule has 2 aromatic rings. The lowest BCUT2D eigenvalue weighted by Gasteiger charge is -2.25. The maximum atomic E-state index is 13.2. The minimum absolute atomic E-state index is 0.0895. The van der Waals surface area contributed by atoms with Crippen molar-refractivity contribution in [1.82, 2.24) is 14.2 Å². The molecular weight excluding hydrogens is 490 g/mol. The third-order valence-corrected chi connectivity index (χ3v) is 7.34. The van der Waals surface area contributed by atoms with Crippen molar-refractivity contribution in [1.29, 1.82) is 0 Å². The number of rotatable bonds is 8. The normalized spacial score (nSPS) is 14.0. The highest BCUT2D eigenvalue weighted by Crippen LogP contribution is 2.18. The van der Waals surface area contributed by atoms with Crippen LogP contribution in [0.5, 0.6) is 5.75 Å². The molecule has 1 aromatic carbocycles. The van der Waals surface area contributed by atoms with Crippen LogP contribution in [0.1, 0.15) is 41.6 Å². The lowest BCUT2D eigenvalue weighted by atomic mass is 10.1. The van der Waals surface area contributed by atoms with Crippen LogP contribution in [0.4, 0.5) is 0 Å². The number of hydrogen-bond donors (Lipinski definition) is 2. The molecule has 1 fully saturated rings. The first-order valence-corrected chi connectivity index (χ1v) is 13.0. The molecule has 2 heterocycles. The van der Waals surface area contributed by atoms with Gasteiger partial charge in [0.25, 0.3) is 5.91 Å². The zero-order valence-corrected chi connectivity index (χ0v) is 20.9. The molecule has 1 aliphatic heterocycles. The number of hydrogen-bond acceptors (Lipinski definition) is 7. The Kier molecular flexibility index (Phi) is 11.3. The third-order valence-electron chi connectivity index (χ3n) is 5.49. The number of benzene rings is 1. The number of aromatic nitrogens is 1. The summed E-state index contributed by atoms with van der Waals surface area (Å²) < 4.78 is 32.6. The number of sulfonamides is 1. The molecule has 36 heavy (non-hydrogen) atoms. The number of pyridine rings is 1. The molecule has 0 atom stereocenters. The maximum absolute atomic E-state index is 13.2. The van der Waals surface area contributed by atoms with Gasteiger partial charge in [0.2, 0.25) is 10.0 Å². The molecule has 1 aromatic heterocycles. The second kappa shape index (κ2) is 14.1. The summed E-state index contributed by atoms with van der Waals surface area (Å²) in [6, 6.07) is 10.6. The van der Waals surface area contributed by atoms with E-state index in [2.05, 4.69) is 4.98 Å². The molecule has 3 rings (SSSR count). The second-order valence-electron chi connectivity index (χ2n) is 8.05. The molecule has 0 saturated carbocycles. The van der Waals surface area contributed by atoms with Crippen molar-refractivity contribution in [3.8, 4) is 5.75 Å². The fourth-order valence-corrected chi connectivity index (χ4v) is 5.10. The van der Waals surface area contributed by atoms with Crippen LogP contribution in [0.2, 0.25) is 0 Å². The Morgan fingerprint density at radius 1 is 1.00 bits per heavy atom. The summed E-state index contributed by atoms with van der Waals surface area (Å²) in [6.45, 7) is 1.57. The minimum atomic E-state index is -3.42. The molecule has 1 saturated heterocycles. The van der Waals surface area contributed by atoms with Crippen LogP contribution >= 0.6 is 0 Å². The fraction of sp³-hybridized carbons (Fsp3) is 0.417. The average molecular weight is 522 g/mol. The maximum Gasteiger partial charge on any atom is 0.414 e. The van der Waals surface area contributed by atoms with Gasteiger partial charge in [0.15, 0.2) is 0 Å². The van der Waals surface area contributed by atoms with Crippen molar-refractivity contribution in [3.05, 3.63) is 59.9 Å². The summed E-state index contributed by atoms with van der Waals surface area (Å²) in [5.41, 5.74) is 1.36. The molecule has 0 bridgehead atoms. The van der Waals surface area contributed by atoms with Crippen molar-refractivity contribution in [3.63, 3.8) is 0 Å². The molecule has 196 valence electrons. The Bertz CT molecular complexity index is 1110. The molecule has 11 nitrogen and oxygen atoms in total. The zero-order chi connectivity index (χ0) is 26.6. The number of amides is 1. The van der Waals surface area contributed by atoms with Crippen LogP contribution in [0.3, 0.4) is 0 Å². The standard InChI is InChI=1S/C22H29N3O4S.C2H2O4/c1-29-21-8-6-7-20(17-21)22(26)24(18-19-9-11-23-12-10-19)15-16-30(27,28)25-13-4-2-3-5-14-25;3-1(4)2(5)6/h6-12,17H,2-5,13-16,18H2,1H3;(H,3,4)(H,5,6). The van der Waals surface area contributed by atoms with E-state index in [1.54, 1.807) is 53.0 Å². The first-order valence-electron chi connectivity index (χ1n) is 11.4. The number of carbonyl (C=O) groups is 3. The van der Waals surface area contributed by atoms with E-state index in [9.17, 15) is 13.2 Å². The summed E-state index contributed by atoms with van der Waals surface area (Å²) in [7, 11) is -1.87. The molecular formula is C24H31N3O8S. The van der Waals surface area contributed by atoms with E-state index in [4.69, 9.17) is 24.5 Å². The van der Waals surface area contributed by atoms with E-state index in [-0.39, 0.29) is 18.2 Å². The lowest BCUT2D eigenvalue weighted by Crippen LogP contribution is -2.40. The fourth-order valence-electron chi connectivity index (χ4n) is 3.57. The summed E-state index contributed by atoms with van der Waals surface area (Å²) >= 11 is 0. The Labute approximate surface area is 210 Å². The third kappa shape index (κ3) is 9.27. The van der Waals surface area contributed by atoms with E-state index < -0.39 is 22.0 Å². The van der Waals surface area contributed by atoms with Crippen LogP contribution < -0.4 is 4.74 Å². The highest BCUT2D eigenvalue weighted by atomic mass is 32.2. The van der Waals surface area contributed by atoms with E-state index >= 15 is 0 Å². The molecule has 1 aliphatic rings. The lowest BCUT2D eigenvalue weighted by molar-refractivity contribution is -0.159. The van der Waals surface area contributed by atoms with Crippen molar-refractivity contribution in [2.45, 2.75) is 32.2 Å². The molecule has 0 radical (unpaired) electrons. The van der Waals surface area contributed by atoms with E-state index in [1.165, 1.54) is 0 Å². The van der Waals surface area contributed by atoms with E-state index in [0.29, 0.717) is 30.9 Å². The van der Waals surface area contributed by atoms with Gasteiger partial charge < -0.3 is 19.8 Å². The summed E-state index contributed by atoms with van der Waals surface area (Å²) in [6.07, 6.45) is 7.24. The summed E-state index contributed by atoms with van der Waals surface area (Å²) in [4.78, 5) is 37.0. The van der Waals surface area contributed by atoms with Gasteiger partial charge in [-0.15, -0.1) is 0 Å². The number of ether oxygens (including phenoxy) is 1. The number of methoxy groups -OCH3 is 1. The molecule has 1 amide bonds. The van der Waals surface area contributed by atoms with Crippen LogP contribution in [-0.2, 0) is 26.2 Å². The van der Waals surface area contributed by atoms with Gasteiger partial charge in [-0.3, -0.25) is 9.78 Å². The molecule has 0 spiro atoms. The number of carbonyl (C=O) groups excluding carboxylic acids is 1. The summed E-state index contributed by atoms with van der Waals surface area (Å²) in [5, 5.41) is 14.8. The topological polar surface area (TPSA) is 154 Å². The van der Waals surface area contributed by atoms with Gasteiger partial charge in [-0.05, 0) is 48.7 Å². The van der Waals surface area contributed by atoms with Gasteiger partial charge >= 0.3 is 11.9 Å². The Morgan fingerprint density at radius 2 is 1.61 bits per heavy atom. The van der Waals surface area contributed by atoms with Crippen LogP contribution in [0, 0.1) is 0 Å². The SMILES string of the molecule is COc1cccc(C(=O)N(CCS(=O)(=O)N2CCCCCC2)Cc2ccncc2)c1.O=C(O)C(=O)O. The Morgan fingerprint density at radius 3 is 2.17 bits per heavy atom. The minimum Gasteiger partial charge on any atom is -0.497 e. The van der Waals surface area contributed by atoms with Crippen molar-refractivity contribution in [2.24, 2.45) is 0 Å². The molecule has 2 N–H and O–H groups in total. The van der Waals surface area contributed by atoms with Gasteiger partial charge in [0.05, 0.1) is 12.9 Å². The highest BCUT2D eigenvalue weighted by molar-refractivity contribution is 7.89. The monoisotopic (exact) mass is 521 g/mol. The number of carboxylic acid groups (broad SMARTS) is 2. The summed E-state index contributed by atoms with van der Waals surface area (Å²) in [5.74, 6) is -3.38. The van der Waals surface area contributed by atoms with Crippen molar-refractivity contribution >= 4 is 27.9 Å². The van der Waals surface area contributed by atoms with Gasteiger partial charge in [0, 0.05) is 44.1 Å². The van der Waals surface area contributed by atoms with E-state index in [0.717, 1.165) is 31.2 Å². The van der Waals surface area contributed by atoms with Gasteiger partial charge in [-0.1, -0.05) is 18.9 Å². The molecule has 12 heteroatoms. The number of aliphatic carboxylic acids is 2. The van der Waals surface area contributed by atoms with E-state index in [1.807, 2.05) is 12.1 Å². The quantitative estimate of drug-likeness (QED) is 0.497. The average Bonchev–Trinajstić information content (AvgIpc) is 3.17. The number of nitrogens with zero attached hydrogens (tertiary/aromatic N) is 3. The predicted octanol–water partition coefficient (Wildman–Crippen LogP) is 2.09. The van der Waals surface area contributed by atoms with Gasteiger partial charge in [-0.25, -0.2) is 22.3 Å². The molecule has 0 aliphatic carbocycles. The highest BCUT2D eigenvalue weighted by Gasteiger charge is 2.25. The van der Waals surface area contributed by atoms with Crippen molar-refractivity contribution in [2.75, 3.05) is 32.5 Å². The van der Waals surface area contributed by atoms with Gasteiger partial charge in [-0.2, -0.15) is 0 Å². The van der Waals surface area contributed by atoms with Gasteiger partial charge in [0.1, 0.15) is 5.75 Å². The predicted molar refractivity (Wildman–Crippen MR) is 131 cm³/mol. The number of carboxylic acids is 2. The van der Waals surface area contributed by atoms with Crippen LogP contribution in [-0.4, -0.2) is 83.2 Å². The smallest absolute Gasteiger partial charge is 0.414 e. The molecule has 0 unspecified atom stereocenters. The Hall–Kier alpha value is -3.51. The first-order chi connectivity index (χ1) is 17.1. The Balaban J connectivity index is 0.000000678. The zero-order valence-electron chi connectivity index (χ0n) is 20.1. The largest absolute Gasteiger partial charge is 0.497 e.